The maximum absolute atomic E-state index is 10.6. The standard InChI is InChI=1S/C22H22O/c1-16-9-7-8-12-19(16)20-14-13-18(15-21(20)23)22(2,3)17-10-5-4-6-11-17/h4-15,23H,1-3H3. The van der Waals surface area contributed by atoms with Gasteiger partial charge in [0.2, 0.25) is 0 Å². The van der Waals surface area contributed by atoms with E-state index < -0.39 is 0 Å². The Balaban J connectivity index is 2.05. The van der Waals surface area contributed by atoms with E-state index in [4.69, 9.17) is 0 Å². The molecule has 0 saturated heterocycles. The van der Waals surface area contributed by atoms with Crippen molar-refractivity contribution in [1.29, 1.82) is 0 Å². The van der Waals surface area contributed by atoms with Gasteiger partial charge in [-0.25, -0.2) is 0 Å². The monoisotopic (exact) mass is 302 g/mol. The Kier molecular flexibility index (Phi) is 3.96. The van der Waals surface area contributed by atoms with Gasteiger partial charge >= 0.3 is 0 Å². The molecule has 1 heteroatoms. The van der Waals surface area contributed by atoms with Crippen molar-refractivity contribution in [3.05, 3.63) is 89.5 Å². The molecule has 0 radical (unpaired) electrons. The molecular weight excluding hydrogens is 280 g/mol. The van der Waals surface area contributed by atoms with Gasteiger partial charge < -0.3 is 5.11 Å². The Morgan fingerprint density at radius 1 is 0.696 bits per heavy atom. The fourth-order valence-corrected chi connectivity index (χ4v) is 3.04. The highest BCUT2D eigenvalue weighted by molar-refractivity contribution is 5.73. The molecule has 116 valence electrons. The van der Waals surface area contributed by atoms with Gasteiger partial charge in [0, 0.05) is 11.0 Å². The molecule has 0 aliphatic heterocycles. The van der Waals surface area contributed by atoms with Gasteiger partial charge in [-0.1, -0.05) is 80.6 Å². The van der Waals surface area contributed by atoms with Gasteiger partial charge in [0.05, 0.1) is 0 Å². The summed E-state index contributed by atoms with van der Waals surface area (Å²) in [4.78, 5) is 0. The minimum absolute atomic E-state index is 0.150. The summed E-state index contributed by atoms with van der Waals surface area (Å²) in [5.74, 6) is 0.334. The molecule has 0 unspecified atom stereocenters. The third-order valence-electron chi connectivity index (χ3n) is 4.65. The Bertz CT molecular complexity index is 816. The van der Waals surface area contributed by atoms with Crippen LogP contribution < -0.4 is 0 Å². The summed E-state index contributed by atoms with van der Waals surface area (Å²) in [5, 5.41) is 10.6. The molecule has 3 aromatic rings. The van der Waals surface area contributed by atoms with Gasteiger partial charge in [0.15, 0.2) is 0 Å². The van der Waals surface area contributed by atoms with Gasteiger partial charge in [-0.15, -0.1) is 0 Å². The summed E-state index contributed by atoms with van der Waals surface area (Å²) in [7, 11) is 0. The summed E-state index contributed by atoms with van der Waals surface area (Å²) in [5.41, 5.74) is 5.33. The lowest BCUT2D eigenvalue weighted by Crippen LogP contribution is -2.18. The maximum Gasteiger partial charge on any atom is 0.123 e. The minimum Gasteiger partial charge on any atom is -0.507 e. The van der Waals surface area contributed by atoms with E-state index in [1.165, 1.54) is 5.56 Å². The van der Waals surface area contributed by atoms with Crippen LogP contribution in [0.15, 0.2) is 72.8 Å². The number of benzene rings is 3. The largest absolute Gasteiger partial charge is 0.507 e. The first-order valence-corrected chi connectivity index (χ1v) is 7.95. The molecule has 0 fully saturated rings. The van der Waals surface area contributed by atoms with E-state index in [1.54, 1.807) is 0 Å². The predicted molar refractivity (Wildman–Crippen MR) is 96.8 cm³/mol. The van der Waals surface area contributed by atoms with Crippen LogP contribution >= 0.6 is 0 Å². The van der Waals surface area contributed by atoms with E-state index in [0.717, 1.165) is 22.3 Å². The van der Waals surface area contributed by atoms with E-state index in [0.29, 0.717) is 5.75 Å². The Morgan fingerprint density at radius 3 is 2.00 bits per heavy atom. The van der Waals surface area contributed by atoms with Crippen molar-refractivity contribution in [2.45, 2.75) is 26.2 Å². The SMILES string of the molecule is Cc1ccccc1-c1ccc(C(C)(C)c2ccccc2)cc1O. The summed E-state index contributed by atoms with van der Waals surface area (Å²) < 4.78 is 0. The van der Waals surface area contributed by atoms with Gasteiger partial charge in [-0.3, -0.25) is 0 Å². The molecule has 3 rings (SSSR count). The summed E-state index contributed by atoms with van der Waals surface area (Å²) in [6.45, 7) is 6.44. The lowest BCUT2D eigenvalue weighted by Gasteiger charge is -2.26. The van der Waals surface area contributed by atoms with E-state index in [2.05, 4.69) is 57.2 Å². The first-order valence-electron chi connectivity index (χ1n) is 7.95. The minimum atomic E-state index is -0.150. The van der Waals surface area contributed by atoms with Crippen molar-refractivity contribution in [3.8, 4) is 16.9 Å². The lowest BCUT2D eigenvalue weighted by atomic mass is 9.77. The highest BCUT2D eigenvalue weighted by Gasteiger charge is 2.24. The van der Waals surface area contributed by atoms with Crippen molar-refractivity contribution in [1.82, 2.24) is 0 Å². The third-order valence-corrected chi connectivity index (χ3v) is 4.65. The van der Waals surface area contributed by atoms with Crippen LogP contribution in [0.2, 0.25) is 0 Å². The molecule has 0 atom stereocenters. The van der Waals surface area contributed by atoms with Crippen LogP contribution in [-0.4, -0.2) is 5.11 Å². The number of aryl methyl sites for hydroxylation is 1. The predicted octanol–water partition coefficient (Wildman–Crippen LogP) is 5.69. The van der Waals surface area contributed by atoms with Gasteiger partial charge in [0.1, 0.15) is 5.75 Å². The van der Waals surface area contributed by atoms with Crippen molar-refractivity contribution in [2.24, 2.45) is 0 Å². The second-order valence-corrected chi connectivity index (χ2v) is 6.54. The molecule has 23 heavy (non-hydrogen) atoms. The molecule has 0 amide bonds. The Hall–Kier alpha value is -2.54. The van der Waals surface area contributed by atoms with Crippen molar-refractivity contribution < 1.29 is 5.11 Å². The second kappa shape index (κ2) is 5.92. The van der Waals surface area contributed by atoms with Crippen LogP contribution in [0.5, 0.6) is 5.75 Å². The average molecular weight is 302 g/mol. The van der Waals surface area contributed by atoms with Crippen molar-refractivity contribution >= 4 is 0 Å². The lowest BCUT2D eigenvalue weighted by molar-refractivity contribution is 0.474. The zero-order valence-corrected chi connectivity index (χ0v) is 13.9. The number of hydrogen-bond acceptors (Lipinski definition) is 1. The second-order valence-electron chi connectivity index (χ2n) is 6.54. The molecule has 0 aliphatic rings. The molecule has 0 spiro atoms. The van der Waals surface area contributed by atoms with Crippen molar-refractivity contribution in [3.63, 3.8) is 0 Å². The number of phenols is 1. The number of rotatable bonds is 3. The zero-order valence-electron chi connectivity index (χ0n) is 13.9. The van der Waals surface area contributed by atoms with Crippen LogP contribution in [0.3, 0.4) is 0 Å². The van der Waals surface area contributed by atoms with Crippen LogP contribution in [0, 0.1) is 6.92 Å². The Morgan fingerprint density at radius 2 is 1.35 bits per heavy atom. The van der Waals surface area contributed by atoms with Gasteiger partial charge in [0.25, 0.3) is 0 Å². The molecule has 0 heterocycles. The number of phenolic OH excluding ortho intramolecular Hbond substituents is 1. The highest BCUT2D eigenvalue weighted by Crippen LogP contribution is 2.37. The summed E-state index contributed by atoms with van der Waals surface area (Å²) >= 11 is 0. The van der Waals surface area contributed by atoms with E-state index in [9.17, 15) is 5.11 Å². The maximum atomic E-state index is 10.6. The molecule has 0 saturated carbocycles. The molecule has 0 bridgehead atoms. The van der Waals surface area contributed by atoms with Crippen LogP contribution in [0.1, 0.15) is 30.5 Å². The van der Waals surface area contributed by atoms with E-state index in [1.807, 2.05) is 36.4 Å². The number of hydrogen-bond donors (Lipinski definition) is 1. The van der Waals surface area contributed by atoms with Crippen LogP contribution in [0.4, 0.5) is 0 Å². The molecule has 0 aromatic heterocycles. The summed E-state index contributed by atoms with van der Waals surface area (Å²) in [6.07, 6.45) is 0. The van der Waals surface area contributed by atoms with Gasteiger partial charge in [-0.05, 0) is 35.2 Å². The normalized spacial score (nSPS) is 11.4. The average Bonchev–Trinajstić information content (AvgIpc) is 2.56. The quantitative estimate of drug-likeness (QED) is 0.658. The van der Waals surface area contributed by atoms with E-state index in [-0.39, 0.29) is 5.41 Å². The summed E-state index contributed by atoms with van der Waals surface area (Å²) in [6, 6.07) is 24.6. The smallest absolute Gasteiger partial charge is 0.123 e. The number of aromatic hydroxyl groups is 1. The van der Waals surface area contributed by atoms with Crippen molar-refractivity contribution in [2.75, 3.05) is 0 Å². The fourth-order valence-electron chi connectivity index (χ4n) is 3.04. The third kappa shape index (κ3) is 2.87. The van der Waals surface area contributed by atoms with E-state index >= 15 is 0 Å². The fraction of sp³-hybridized carbons (Fsp3) is 0.182. The zero-order chi connectivity index (χ0) is 16.4. The molecule has 1 N–H and O–H groups in total. The molecule has 3 aromatic carbocycles. The highest BCUT2D eigenvalue weighted by atomic mass is 16.3. The van der Waals surface area contributed by atoms with Gasteiger partial charge in [-0.2, -0.15) is 0 Å². The molecular formula is C22H22O. The topological polar surface area (TPSA) is 20.2 Å². The van der Waals surface area contributed by atoms with Crippen LogP contribution in [-0.2, 0) is 5.41 Å². The first-order chi connectivity index (χ1) is 11.0. The molecule has 1 nitrogen and oxygen atoms in total. The first kappa shape index (κ1) is 15.4. The van der Waals surface area contributed by atoms with Crippen LogP contribution in [0.25, 0.3) is 11.1 Å². The molecule has 0 aliphatic carbocycles. The Labute approximate surface area is 138 Å².